The van der Waals surface area contributed by atoms with Crippen LogP contribution in [-0.2, 0) is 0 Å². The van der Waals surface area contributed by atoms with E-state index in [1.165, 1.54) is 0 Å². The lowest BCUT2D eigenvalue weighted by molar-refractivity contribution is 0.267. The van der Waals surface area contributed by atoms with Gasteiger partial charge in [-0.15, -0.1) is 0 Å². The van der Waals surface area contributed by atoms with Gasteiger partial charge in [0.05, 0.1) is 24.0 Å². The number of halogens is 1. The highest BCUT2D eigenvalue weighted by atomic mass is 79.9. The molecule has 1 aromatic rings. The quantitative estimate of drug-likeness (QED) is 0.626. The lowest BCUT2D eigenvalue weighted by Gasteiger charge is -2.22. The molecule has 0 amide bonds. The zero-order valence-corrected chi connectivity index (χ0v) is 12.5. The first kappa shape index (κ1) is 14.8. The molecule has 5 heteroatoms. The van der Waals surface area contributed by atoms with Gasteiger partial charge < -0.3 is 15.2 Å². The van der Waals surface area contributed by atoms with Gasteiger partial charge in [-0.3, -0.25) is 5.41 Å². The van der Waals surface area contributed by atoms with Crippen molar-refractivity contribution in [1.29, 1.82) is 5.41 Å². The minimum atomic E-state index is -0.334. The number of benzene rings is 1. The second kappa shape index (κ2) is 6.09. The molecule has 0 fully saturated rings. The molecule has 0 bridgehead atoms. The van der Waals surface area contributed by atoms with Crippen LogP contribution in [0.2, 0.25) is 0 Å². The Balaban J connectivity index is 2.57. The molecule has 3 N–H and O–H groups in total. The van der Waals surface area contributed by atoms with E-state index in [0.717, 1.165) is 16.0 Å². The van der Waals surface area contributed by atoms with E-state index in [0.29, 0.717) is 13.0 Å². The van der Waals surface area contributed by atoms with E-state index in [1.54, 1.807) is 7.11 Å². The van der Waals surface area contributed by atoms with Gasteiger partial charge >= 0.3 is 0 Å². The zero-order chi connectivity index (χ0) is 13.8. The molecule has 0 aliphatic heterocycles. The Morgan fingerprint density at radius 1 is 1.44 bits per heavy atom. The van der Waals surface area contributed by atoms with Crippen molar-refractivity contribution in [2.75, 3.05) is 13.7 Å². The molecule has 1 aromatic carbocycles. The second-order valence-electron chi connectivity index (χ2n) is 4.69. The number of rotatable bonds is 6. The molecular weight excluding hydrogens is 296 g/mol. The fraction of sp³-hybridized carbons (Fsp3) is 0.462. The van der Waals surface area contributed by atoms with Gasteiger partial charge in [-0.05, 0) is 40.5 Å². The molecule has 0 saturated carbocycles. The van der Waals surface area contributed by atoms with Crippen molar-refractivity contribution in [2.45, 2.75) is 20.3 Å². The number of hydrogen-bond acceptors (Lipinski definition) is 3. The van der Waals surface area contributed by atoms with Crippen molar-refractivity contribution >= 4 is 21.8 Å². The van der Waals surface area contributed by atoms with E-state index >= 15 is 0 Å². The number of nitrogens with two attached hydrogens (primary N) is 1. The Kier molecular flexibility index (Phi) is 5.02. The van der Waals surface area contributed by atoms with E-state index in [1.807, 2.05) is 32.0 Å². The molecule has 18 heavy (non-hydrogen) atoms. The van der Waals surface area contributed by atoms with Gasteiger partial charge in [-0.25, -0.2) is 0 Å². The Hall–Kier alpha value is -1.23. The molecule has 0 radical (unpaired) electrons. The summed E-state index contributed by atoms with van der Waals surface area (Å²) in [5.41, 5.74) is 5.19. The van der Waals surface area contributed by atoms with Crippen LogP contribution in [0.4, 0.5) is 0 Å². The summed E-state index contributed by atoms with van der Waals surface area (Å²) in [5, 5.41) is 7.47. The van der Waals surface area contributed by atoms with E-state index in [4.69, 9.17) is 20.6 Å². The van der Waals surface area contributed by atoms with E-state index in [2.05, 4.69) is 15.9 Å². The smallest absolute Gasteiger partial charge is 0.133 e. The molecule has 0 unspecified atom stereocenters. The normalized spacial score (nSPS) is 11.1. The van der Waals surface area contributed by atoms with Crippen LogP contribution in [0.25, 0.3) is 0 Å². The maximum Gasteiger partial charge on any atom is 0.133 e. The highest BCUT2D eigenvalue weighted by Gasteiger charge is 2.21. The highest BCUT2D eigenvalue weighted by Crippen LogP contribution is 2.30. The minimum absolute atomic E-state index is 0.180. The van der Waals surface area contributed by atoms with E-state index < -0.39 is 0 Å². The molecular formula is C13H19BrN2O2. The highest BCUT2D eigenvalue weighted by molar-refractivity contribution is 9.10. The van der Waals surface area contributed by atoms with Crippen LogP contribution in [0.15, 0.2) is 22.7 Å². The van der Waals surface area contributed by atoms with Gasteiger partial charge in [0.15, 0.2) is 0 Å². The van der Waals surface area contributed by atoms with Crippen LogP contribution in [0.3, 0.4) is 0 Å². The number of amidine groups is 1. The molecule has 0 spiro atoms. The predicted molar refractivity (Wildman–Crippen MR) is 76.5 cm³/mol. The summed E-state index contributed by atoms with van der Waals surface area (Å²) in [7, 11) is 1.62. The van der Waals surface area contributed by atoms with Crippen LogP contribution < -0.4 is 15.2 Å². The lowest BCUT2D eigenvalue weighted by atomic mass is 9.88. The third kappa shape index (κ3) is 3.91. The zero-order valence-electron chi connectivity index (χ0n) is 10.9. The van der Waals surface area contributed by atoms with Gasteiger partial charge in [0.25, 0.3) is 0 Å². The molecule has 0 atom stereocenters. The molecule has 100 valence electrons. The Morgan fingerprint density at radius 3 is 2.61 bits per heavy atom. The summed E-state index contributed by atoms with van der Waals surface area (Å²) in [6, 6.07) is 5.55. The summed E-state index contributed by atoms with van der Waals surface area (Å²) in [4.78, 5) is 0. The van der Waals surface area contributed by atoms with Gasteiger partial charge in [0.1, 0.15) is 11.5 Å². The average molecular weight is 315 g/mol. The van der Waals surface area contributed by atoms with E-state index in [-0.39, 0.29) is 11.3 Å². The summed E-state index contributed by atoms with van der Waals surface area (Å²) in [5.74, 6) is 1.72. The lowest BCUT2D eigenvalue weighted by Crippen LogP contribution is -2.32. The van der Waals surface area contributed by atoms with Crippen molar-refractivity contribution in [2.24, 2.45) is 11.1 Å². The fourth-order valence-corrected chi connectivity index (χ4v) is 1.75. The minimum Gasteiger partial charge on any atom is -0.497 e. The standard InChI is InChI=1S/C13H19BrN2O2/c1-13(2,12(15)16)6-7-18-11-5-4-9(17-3)8-10(11)14/h4-5,8H,6-7H2,1-3H3,(H3,15,16). The van der Waals surface area contributed by atoms with Crippen molar-refractivity contribution in [3.63, 3.8) is 0 Å². The number of ether oxygens (including phenoxy) is 2. The number of nitrogens with one attached hydrogen (secondary N) is 1. The Labute approximate surface area is 116 Å². The molecule has 0 heterocycles. The van der Waals surface area contributed by atoms with Crippen LogP contribution in [0.1, 0.15) is 20.3 Å². The third-order valence-electron chi connectivity index (χ3n) is 2.85. The topological polar surface area (TPSA) is 68.3 Å². The Morgan fingerprint density at radius 2 is 2.11 bits per heavy atom. The van der Waals surface area contributed by atoms with Gasteiger partial charge in [-0.2, -0.15) is 0 Å². The Bertz CT molecular complexity index is 433. The second-order valence-corrected chi connectivity index (χ2v) is 5.55. The van der Waals surface area contributed by atoms with Crippen molar-refractivity contribution in [3.8, 4) is 11.5 Å². The van der Waals surface area contributed by atoms with Gasteiger partial charge in [0, 0.05) is 5.41 Å². The first-order valence-corrected chi connectivity index (χ1v) is 6.47. The van der Waals surface area contributed by atoms with Crippen LogP contribution in [0.5, 0.6) is 11.5 Å². The van der Waals surface area contributed by atoms with Crippen LogP contribution in [0, 0.1) is 10.8 Å². The van der Waals surface area contributed by atoms with Crippen LogP contribution in [-0.4, -0.2) is 19.6 Å². The molecule has 0 aliphatic carbocycles. The van der Waals surface area contributed by atoms with Gasteiger partial charge in [-0.1, -0.05) is 13.8 Å². The third-order valence-corrected chi connectivity index (χ3v) is 3.47. The predicted octanol–water partition coefficient (Wildman–Crippen LogP) is 3.19. The molecule has 4 nitrogen and oxygen atoms in total. The summed E-state index contributed by atoms with van der Waals surface area (Å²) >= 11 is 3.43. The first-order chi connectivity index (χ1) is 8.36. The average Bonchev–Trinajstić information content (AvgIpc) is 2.30. The van der Waals surface area contributed by atoms with Crippen molar-refractivity contribution in [3.05, 3.63) is 22.7 Å². The van der Waals surface area contributed by atoms with Gasteiger partial charge in [0.2, 0.25) is 0 Å². The maximum atomic E-state index is 7.47. The SMILES string of the molecule is COc1ccc(OCCC(C)(C)C(=N)N)c(Br)c1. The van der Waals surface area contributed by atoms with Crippen molar-refractivity contribution in [1.82, 2.24) is 0 Å². The number of methoxy groups -OCH3 is 1. The summed E-state index contributed by atoms with van der Waals surface area (Å²) in [6.07, 6.45) is 0.695. The molecule has 0 saturated heterocycles. The molecule has 1 rings (SSSR count). The fourth-order valence-electron chi connectivity index (χ4n) is 1.28. The first-order valence-electron chi connectivity index (χ1n) is 5.67. The van der Waals surface area contributed by atoms with E-state index in [9.17, 15) is 0 Å². The summed E-state index contributed by atoms with van der Waals surface area (Å²) in [6.45, 7) is 4.38. The maximum absolute atomic E-state index is 7.47. The van der Waals surface area contributed by atoms with Crippen molar-refractivity contribution < 1.29 is 9.47 Å². The largest absolute Gasteiger partial charge is 0.497 e. The molecule has 0 aromatic heterocycles. The summed E-state index contributed by atoms with van der Waals surface area (Å²) < 4.78 is 11.6. The monoisotopic (exact) mass is 314 g/mol. The number of hydrogen-bond donors (Lipinski definition) is 2. The molecule has 0 aliphatic rings. The van der Waals surface area contributed by atoms with Crippen LogP contribution >= 0.6 is 15.9 Å².